The number of nitrogens with one attached hydrogen (secondary N) is 1. The van der Waals surface area contributed by atoms with Crippen LogP contribution < -0.4 is 5.32 Å². The predicted octanol–water partition coefficient (Wildman–Crippen LogP) is 4.15. The van der Waals surface area contributed by atoms with Crippen LogP contribution in [0.1, 0.15) is 31.7 Å². The van der Waals surface area contributed by atoms with Crippen LogP contribution in [0.2, 0.25) is 0 Å². The van der Waals surface area contributed by atoms with E-state index in [2.05, 4.69) is 28.2 Å². The van der Waals surface area contributed by atoms with E-state index in [0.717, 1.165) is 18.3 Å². The molecule has 0 aliphatic heterocycles. The Labute approximate surface area is 117 Å². The average molecular weight is 314 g/mol. The highest BCUT2D eigenvalue weighted by molar-refractivity contribution is 9.10. The van der Waals surface area contributed by atoms with Crippen molar-refractivity contribution in [3.63, 3.8) is 0 Å². The standard InChI is InChI=1S/C15H21BrFN/c1-10-4-3-5-12(10)15(18-2)9-11-6-7-14(17)13(16)8-11/h6-8,10,12,15,18H,3-5,9H2,1-2H3. The molecule has 1 aromatic carbocycles. The van der Waals surface area contributed by atoms with Crippen molar-refractivity contribution in [3.8, 4) is 0 Å². The summed E-state index contributed by atoms with van der Waals surface area (Å²) in [5, 5.41) is 3.45. The van der Waals surface area contributed by atoms with Gasteiger partial charge in [-0.15, -0.1) is 0 Å². The minimum atomic E-state index is -0.186. The second-order valence-corrected chi connectivity index (χ2v) is 6.27. The summed E-state index contributed by atoms with van der Waals surface area (Å²) in [6.07, 6.45) is 4.98. The van der Waals surface area contributed by atoms with Gasteiger partial charge in [-0.05, 0) is 65.4 Å². The third kappa shape index (κ3) is 3.12. The van der Waals surface area contributed by atoms with Gasteiger partial charge in [-0.3, -0.25) is 0 Å². The first kappa shape index (κ1) is 14.0. The molecule has 2 rings (SSSR count). The van der Waals surface area contributed by atoms with Crippen LogP contribution in [0.25, 0.3) is 0 Å². The molecule has 3 unspecified atom stereocenters. The van der Waals surface area contributed by atoms with E-state index in [1.165, 1.54) is 24.8 Å². The van der Waals surface area contributed by atoms with Crippen molar-refractivity contribution in [1.29, 1.82) is 0 Å². The van der Waals surface area contributed by atoms with Gasteiger partial charge in [0, 0.05) is 6.04 Å². The molecule has 1 aliphatic rings. The molecule has 1 aliphatic carbocycles. The first-order valence-corrected chi connectivity index (χ1v) is 7.52. The summed E-state index contributed by atoms with van der Waals surface area (Å²) in [5.74, 6) is 1.36. The molecular weight excluding hydrogens is 293 g/mol. The molecule has 1 fully saturated rings. The normalized spacial score (nSPS) is 25.3. The maximum atomic E-state index is 13.2. The van der Waals surface area contributed by atoms with Crippen molar-refractivity contribution in [2.75, 3.05) is 7.05 Å². The van der Waals surface area contributed by atoms with Gasteiger partial charge in [0.25, 0.3) is 0 Å². The van der Waals surface area contributed by atoms with Crippen LogP contribution in [0.15, 0.2) is 22.7 Å². The third-order valence-electron chi connectivity index (χ3n) is 4.26. The summed E-state index contributed by atoms with van der Waals surface area (Å²) >= 11 is 3.26. The van der Waals surface area contributed by atoms with Gasteiger partial charge in [0.05, 0.1) is 4.47 Å². The monoisotopic (exact) mass is 313 g/mol. The van der Waals surface area contributed by atoms with Gasteiger partial charge in [0.15, 0.2) is 0 Å². The Morgan fingerprint density at radius 2 is 2.22 bits per heavy atom. The molecule has 0 spiro atoms. The highest BCUT2D eigenvalue weighted by atomic mass is 79.9. The Balaban J connectivity index is 2.07. The van der Waals surface area contributed by atoms with E-state index in [4.69, 9.17) is 0 Å². The molecule has 0 saturated heterocycles. The van der Waals surface area contributed by atoms with Gasteiger partial charge in [-0.1, -0.05) is 25.8 Å². The van der Waals surface area contributed by atoms with Gasteiger partial charge in [0.2, 0.25) is 0 Å². The van der Waals surface area contributed by atoms with Crippen molar-refractivity contribution in [2.45, 2.75) is 38.6 Å². The summed E-state index contributed by atoms with van der Waals surface area (Å²) in [5.41, 5.74) is 1.20. The van der Waals surface area contributed by atoms with E-state index >= 15 is 0 Å². The summed E-state index contributed by atoms with van der Waals surface area (Å²) in [4.78, 5) is 0. The molecule has 3 atom stereocenters. The zero-order chi connectivity index (χ0) is 13.1. The maximum absolute atomic E-state index is 13.2. The second kappa shape index (κ2) is 6.16. The minimum absolute atomic E-state index is 0.186. The van der Waals surface area contributed by atoms with Gasteiger partial charge >= 0.3 is 0 Å². The summed E-state index contributed by atoms with van der Waals surface area (Å²) < 4.78 is 13.8. The Morgan fingerprint density at radius 1 is 1.44 bits per heavy atom. The number of benzene rings is 1. The first-order chi connectivity index (χ1) is 8.61. The van der Waals surface area contributed by atoms with Crippen molar-refractivity contribution in [2.24, 2.45) is 11.8 Å². The topological polar surface area (TPSA) is 12.0 Å². The van der Waals surface area contributed by atoms with Crippen LogP contribution in [0, 0.1) is 17.7 Å². The lowest BCUT2D eigenvalue weighted by atomic mass is 9.86. The van der Waals surface area contributed by atoms with Gasteiger partial charge in [0.1, 0.15) is 5.82 Å². The molecule has 1 aromatic rings. The Kier molecular flexibility index (Phi) is 4.79. The lowest BCUT2D eigenvalue weighted by Crippen LogP contribution is -2.36. The van der Waals surface area contributed by atoms with Crippen LogP contribution in [0.3, 0.4) is 0 Å². The lowest BCUT2D eigenvalue weighted by Gasteiger charge is -2.26. The van der Waals surface area contributed by atoms with E-state index in [0.29, 0.717) is 10.5 Å². The molecule has 0 heterocycles. The predicted molar refractivity (Wildman–Crippen MR) is 77.2 cm³/mol. The van der Waals surface area contributed by atoms with Crippen LogP contribution in [-0.2, 0) is 6.42 Å². The molecule has 18 heavy (non-hydrogen) atoms. The highest BCUT2D eigenvalue weighted by Crippen LogP contribution is 2.34. The first-order valence-electron chi connectivity index (χ1n) is 6.73. The van der Waals surface area contributed by atoms with Crippen LogP contribution in [-0.4, -0.2) is 13.1 Å². The third-order valence-corrected chi connectivity index (χ3v) is 4.86. The van der Waals surface area contributed by atoms with Crippen LogP contribution >= 0.6 is 15.9 Å². The molecule has 100 valence electrons. The number of hydrogen-bond acceptors (Lipinski definition) is 1. The van der Waals surface area contributed by atoms with E-state index in [1.807, 2.05) is 19.2 Å². The highest BCUT2D eigenvalue weighted by Gasteiger charge is 2.29. The molecule has 0 amide bonds. The summed E-state index contributed by atoms with van der Waals surface area (Å²) in [6.45, 7) is 2.35. The second-order valence-electron chi connectivity index (χ2n) is 5.42. The average Bonchev–Trinajstić information content (AvgIpc) is 2.77. The Morgan fingerprint density at radius 3 is 2.78 bits per heavy atom. The van der Waals surface area contributed by atoms with Crippen molar-refractivity contribution in [3.05, 3.63) is 34.1 Å². The van der Waals surface area contributed by atoms with E-state index in [1.54, 1.807) is 6.07 Å². The SMILES string of the molecule is CNC(Cc1ccc(F)c(Br)c1)C1CCCC1C. The van der Waals surface area contributed by atoms with Crippen molar-refractivity contribution >= 4 is 15.9 Å². The van der Waals surface area contributed by atoms with Gasteiger partial charge in [-0.2, -0.15) is 0 Å². The zero-order valence-corrected chi connectivity index (χ0v) is 12.6. The molecule has 1 N–H and O–H groups in total. The molecule has 0 aromatic heterocycles. The smallest absolute Gasteiger partial charge is 0.137 e. The molecule has 1 nitrogen and oxygen atoms in total. The molecule has 3 heteroatoms. The van der Waals surface area contributed by atoms with Gasteiger partial charge < -0.3 is 5.32 Å². The Hall–Kier alpha value is -0.410. The summed E-state index contributed by atoms with van der Waals surface area (Å²) in [7, 11) is 2.04. The fourth-order valence-corrected chi connectivity index (χ4v) is 3.59. The van der Waals surface area contributed by atoms with E-state index < -0.39 is 0 Å². The number of rotatable bonds is 4. The van der Waals surface area contributed by atoms with Crippen molar-refractivity contribution < 1.29 is 4.39 Å². The molecular formula is C15H21BrFN. The quantitative estimate of drug-likeness (QED) is 0.880. The number of likely N-dealkylation sites (N-methyl/N-ethyl adjacent to an activating group) is 1. The summed E-state index contributed by atoms with van der Waals surface area (Å²) in [6, 6.07) is 5.84. The van der Waals surface area contributed by atoms with E-state index in [-0.39, 0.29) is 5.82 Å². The largest absolute Gasteiger partial charge is 0.316 e. The lowest BCUT2D eigenvalue weighted by molar-refractivity contribution is 0.308. The van der Waals surface area contributed by atoms with Gasteiger partial charge in [-0.25, -0.2) is 4.39 Å². The zero-order valence-electron chi connectivity index (χ0n) is 11.0. The number of hydrogen-bond donors (Lipinski definition) is 1. The fourth-order valence-electron chi connectivity index (χ4n) is 3.16. The van der Waals surface area contributed by atoms with Crippen LogP contribution in [0.5, 0.6) is 0 Å². The van der Waals surface area contributed by atoms with Crippen LogP contribution in [0.4, 0.5) is 4.39 Å². The van der Waals surface area contributed by atoms with E-state index in [9.17, 15) is 4.39 Å². The fraction of sp³-hybridized carbons (Fsp3) is 0.600. The maximum Gasteiger partial charge on any atom is 0.137 e. The molecule has 0 radical (unpaired) electrons. The Bertz CT molecular complexity index is 407. The molecule has 0 bridgehead atoms. The van der Waals surface area contributed by atoms with Crippen molar-refractivity contribution in [1.82, 2.24) is 5.32 Å². The molecule has 1 saturated carbocycles. The number of halogens is 2. The minimum Gasteiger partial charge on any atom is -0.316 e.